The van der Waals surface area contributed by atoms with Crippen molar-refractivity contribution in [3.05, 3.63) is 71.1 Å². The average molecular weight is 400 g/mol. The minimum atomic E-state index is -0.585. The number of hydrogen-bond donors (Lipinski definition) is 0. The molecule has 1 fully saturated rings. The molecule has 8 heteroatoms. The molecule has 2 heterocycles. The Labute approximate surface area is 164 Å². The molecule has 1 aliphatic rings. The fraction of sp³-hybridized carbons (Fsp3) is 0.158. The second-order valence-corrected chi connectivity index (χ2v) is 7.57. The molecule has 1 unspecified atom stereocenters. The standard InChI is InChI=1S/C19H14ClN3O3S/c20-13-6-8-14(9-7-13)23-17(24)11-15(18(23)25)27-19-22-21-16(26-19)10-12-4-2-1-3-5-12/h1-9,15H,10-11H2. The molecule has 1 aliphatic heterocycles. The molecule has 0 N–H and O–H groups in total. The fourth-order valence-electron chi connectivity index (χ4n) is 2.81. The second kappa shape index (κ2) is 7.54. The molecule has 27 heavy (non-hydrogen) atoms. The Bertz CT molecular complexity index is 975. The van der Waals surface area contributed by atoms with E-state index >= 15 is 0 Å². The number of hydrogen-bond acceptors (Lipinski definition) is 6. The molecule has 1 aromatic heterocycles. The molecular formula is C19H14ClN3O3S. The third kappa shape index (κ3) is 3.89. The van der Waals surface area contributed by atoms with E-state index in [0.29, 0.717) is 23.0 Å². The molecule has 1 saturated heterocycles. The number of carbonyl (C=O) groups excluding carboxylic acids is 2. The normalized spacial score (nSPS) is 16.9. The van der Waals surface area contributed by atoms with Gasteiger partial charge >= 0.3 is 0 Å². The zero-order chi connectivity index (χ0) is 18.8. The zero-order valence-electron chi connectivity index (χ0n) is 14.0. The Morgan fingerprint density at radius 1 is 1.07 bits per heavy atom. The number of aromatic nitrogens is 2. The maximum atomic E-state index is 12.7. The number of anilines is 1. The number of imide groups is 1. The molecular weight excluding hydrogens is 386 g/mol. The average Bonchev–Trinajstić information content (AvgIpc) is 3.21. The van der Waals surface area contributed by atoms with E-state index in [1.165, 1.54) is 4.90 Å². The van der Waals surface area contributed by atoms with E-state index in [9.17, 15) is 9.59 Å². The van der Waals surface area contributed by atoms with Gasteiger partial charge in [-0.2, -0.15) is 0 Å². The van der Waals surface area contributed by atoms with E-state index in [1.807, 2.05) is 30.3 Å². The van der Waals surface area contributed by atoms with Crippen molar-refractivity contribution in [2.75, 3.05) is 4.90 Å². The molecule has 2 amide bonds. The molecule has 6 nitrogen and oxygen atoms in total. The van der Waals surface area contributed by atoms with Crippen molar-refractivity contribution in [2.45, 2.75) is 23.3 Å². The first-order valence-corrected chi connectivity index (χ1v) is 9.51. The van der Waals surface area contributed by atoms with E-state index < -0.39 is 5.25 Å². The molecule has 0 radical (unpaired) electrons. The van der Waals surface area contributed by atoms with Crippen LogP contribution in [-0.2, 0) is 16.0 Å². The van der Waals surface area contributed by atoms with Crippen LogP contribution in [0.15, 0.2) is 64.2 Å². The van der Waals surface area contributed by atoms with Gasteiger partial charge in [0.25, 0.3) is 5.22 Å². The van der Waals surface area contributed by atoms with Crippen LogP contribution in [-0.4, -0.2) is 27.3 Å². The molecule has 0 aliphatic carbocycles. The van der Waals surface area contributed by atoms with Crippen LogP contribution >= 0.6 is 23.4 Å². The van der Waals surface area contributed by atoms with Gasteiger partial charge in [-0.15, -0.1) is 10.2 Å². The smallest absolute Gasteiger partial charge is 0.277 e. The number of halogens is 1. The van der Waals surface area contributed by atoms with Crippen LogP contribution in [0, 0.1) is 0 Å². The lowest BCUT2D eigenvalue weighted by atomic mass is 10.2. The fourth-order valence-corrected chi connectivity index (χ4v) is 3.84. The summed E-state index contributed by atoms with van der Waals surface area (Å²) in [7, 11) is 0. The molecule has 3 aromatic rings. The minimum absolute atomic E-state index is 0.0858. The highest BCUT2D eigenvalue weighted by Crippen LogP contribution is 2.33. The minimum Gasteiger partial charge on any atom is -0.416 e. The maximum Gasteiger partial charge on any atom is 0.277 e. The third-order valence-electron chi connectivity index (χ3n) is 4.08. The number of rotatable bonds is 5. The summed E-state index contributed by atoms with van der Waals surface area (Å²) in [4.78, 5) is 26.1. The van der Waals surface area contributed by atoms with Gasteiger partial charge in [-0.25, -0.2) is 4.90 Å². The van der Waals surface area contributed by atoms with Crippen LogP contribution in [0.2, 0.25) is 5.02 Å². The highest BCUT2D eigenvalue weighted by Gasteiger charge is 2.41. The van der Waals surface area contributed by atoms with Gasteiger partial charge in [0.05, 0.1) is 12.1 Å². The van der Waals surface area contributed by atoms with Crippen molar-refractivity contribution in [3.8, 4) is 0 Å². The van der Waals surface area contributed by atoms with E-state index in [2.05, 4.69) is 10.2 Å². The number of benzene rings is 2. The van der Waals surface area contributed by atoms with E-state index in [0.717, 1.165) is 17.3 Å². The summed E-state index contributed by atoms with van der Waals surface area (Å²) < 4.78 is 5.63. The van der Waals surface area contributed by atoms with E-state index in [-0.39, 0.29) is 23.5 Å². The van der Waals surface area contributed by atoms with Gasteiger partial charge in [0.2, 0.25) is 17.7 Å². The van der Waals surface area contributed by atoms with E-state index in [1.54, 1.807) is 24.3 Å². The monoisotopic (exact) mass is 399 g/mol. The van der Waals surface area contributed by atoms with Crippen LogP contribution in [0.25, 0.3) is 0 Å². The zero-order valence-corrected chi connectivity index (χ0v) is 15.6. The SMILES string of the molecule is O=C1CC(Sc2nnc(Cc3ccccc3)o2)C(=O)N1c1ccc(Cl)cc1. The summed E-state index contributed by atoms with van der Waals surface area (Å²) >= 11 is 6.98. The lowest BCUT2D eigenvalue weighted by Crippen LogP contribution is -2.31. The lowest BCUT2D eigenvalue weighted by molar-refractivity contribution is -0.121. The van der Waals surface area contributed by atoms with Crippen LogP contribution < -0.4 is 4.90 Å². The Morgan fingerprint density at radius 3 is 2.56 bits per heavy atom. The van der Waals surface area contributed by atoms with Crippen LogP contribution in [0.4, 0.5) is 5.69 Å². The van der Waals surface area contributed by atoms with Crippen molar-refractivity contribution in [1.82, 2.24) is 10.2 Å². The van der Waals surface area contributed by atoms with Crippen LogP contribution in [0.5, 0.6) is 0 Å². The topological polar surface area (TPSA) is 76.3 Å². The van der Waals surface area contributed by atoms with Gasteiger partial charge in [-0.05, 0) is 29.8 Å². The molecule has 136 valence electrons. The van der Waals surface area contributed by atoms with Crippen molar-refractivity contribution < 1.29 is 14.0 Å². The Hall–Kier alpha value is -2.64. The number of thioether (sulfide) groups is 1. The van der Waals surface area contributed by atoms with Crippen LogP contribution in [0.3, 0.4) is 0 Å². The molecule has 4 rings (SSSR count). The van der Waals surface area contributed by atoms with E-state index in [4.69, 9.17) is 16.0 Å². The molecule has 0 bridgehead atoms. The van der Waals surface area contributed by atoms with Gasteiger partial charge < -0.3 is 4.42 Å². The first-order valence-electron chi connectivity index (χ1n) is 8.25. The van der Waals surface area contributed by atoms with Crippen LogP contribution in [0.1, 0.15) is 17.9 Å². The van der Waals surface area contributed by atoms with Crippen molar-refractivity contribution in [3.63, 3.8) is 0 Å². The number of nitrogens with zero attached hydrogens (tertiary/aromatic N) is 3. The highest BCUT2D eigenvalue weighted by atomic mass is 35.5. The summed E-state index contributed by atoms with van der Waals surface area (Å²) in [6.07, 6.45) is 0.603. The Balaban J connectivity index is 1.45. The summed E-state index contributed by atoms with van der Waals surface area (Å²) in [5, 5.41) is 8.25. The number of carbonyl (C=O) groups is 2. The Kier molecular flexibility index (Phi) is 4.96. The first-order chi connectivity index (χ1) is 13.1. The third-order valence-corrected chi connectivity index (χ3v) is 5.35. The predicted molar refractivity (Wildman–Crippen MR) is 102 cm³/mol. The summed E-state index contributed by atoms with van der Waals surface area (Å²) in [5.41, 5.74) is 1.56. The second-order valence-electron chi connectivity index (χ2n) is 5.98. The number of amides is 2. The van der Waals surface area contributed by atoms with Crippen molar-refractivity contribution in [2.24, 2.45) is 0 Å². The highest BCUT2D eigenvalue weighted by molar-refractivity contribution is 8.00. The van der Waals surface area contributed by atoms with Gasteiger partial charge in [0, 0.05) is 11.4 Å². The summed E-state index contributed by atoms with van der Waals surface area (Å²) in [6, 6.07) is 16.3. The summed E-state index contributed by atoms with van der Waals surface area (Å²) in [5.74, 6) is -0.0889. The maximum absolute atomic E-state index is 12.7. The van der Waals surface area contributed by atoms with Gasteiger partial charge in [-0.3, -0.25) is 9.59 Å². The lowest BCUT2D eigenvalue weighted by Gasteiger charge is -2.14. The largest absolute Gasteiger partial charge is 0.416 e. The Morgan fingerprint density at radius 2 is 1.81 bits per heavy atom. The first kappa shape index (κ1) is 17.8. The van der Waals surface area contributed by atoms with Gasteiger partial charge in [0.15, 0.2) is 0 Å². The van der Waals surface area contributed by atoms with Crippen molar-refractivity contribution >= 4 is 40.9 Å². The van der Waals surface area contributed by atoms with Gasteiger partial charge in [0.1, 0.15) is 5.25 Å². The summed E-state index contributed by atoms with van der Waals surface area (Å²) in [6.45, 7) is 0. The molecule has 2 aromatic carbocycles. The van der Waals surface area contributed by atoms with Crippen molar-refractivity contribution in [1.29, 1.82) is 0 Å². The van der Waals surface area contributed by atoms with Gasteiger partial charge in [-0.1, -0.05) is 53.7 Å². The predicted octanol–water partition coefficient (Wildman–Crippen LogP) is 3.74. The molecule has 1 atom stereocenters. The molecule has 0 spiro atoms. The quantitative estimate of drug-likeness (QED) is 0.608. The molecule has 0 saturated carbocycles.